The second-order valence-corrected chi connectivity index (χ2v) is 7.65. The zero-order chi connectivity index (χ0) is 17.2. The molecule has 0 radical (unpaired) electrons. The minimum atomic E-state index is -3.86. The number of ether oxygens (including phenoxy) is 1. The summed E-state index contributed by atoms with van der Waals surface area (Å²) in [5, 5.41) is 0.455. The van der Waals surface area contributed by atoms with Crippen molar-refractivity contribution < 1.29 is 17.9 Å². The third kappa shape index (κ3) is 4.04. The van der Waals surface area contributed by atoms with Crippen LogP contribution in [0.1, 0.15) is 15.9 Å². The Balaban J connectivity index is 2.39. The molecule has 0 aliphatic rings. The Morgan fingerprint density at radius 3 is 2.52 bits per heavy atom. The predicted molar refractivity (Wildman–Crippen MR) is 92.5 cm³/mol. The van der Waals surface area contributed by atoms with Gasteiger partial charge in [-0.15, -0.1) is 0 Å². The highest BCUT2D eigenvalue weighted by atomic mass is 79.9. The molecule has 2 rings (SSSR count). The van der Waals surface area contributed by atoms with Crippen molar-refractivity contribution in [3.05, 3.63) is 57.0 Å². The standard InChI is InChI=1S/C15H13BrClNO4S/c1-9-3-4-10(7-14(9)17)18-23(20,21)11-5-6-13(16)12(8-11)15(19)22-2/h3-8,18H,1-2H3. The lowest BCUT2D eigenvalue weighted by Crippen LogP contribution is -2.14. The molecule has 122 valence electrons. The molecule has 0 heterocycles. The van der Waals surface area contributed by atoms with Gasteiger partial charge in [-0.3, -0.25) is 4.72 Å². The minimum Gasteiger partial charge on any atom is -0.465 e. The van der Waals surface area contributed by atoms with E-state index in [1.165, 1.54) is 31.4 Å². The highest BCUT2D eigenvalue weighted by Crippen LogP contribution is 2.25. The van der Waals surface area contributed by atoms with Gasteiger partial charge < -0.3 is 4.74 Å². The maximum absolute atomic E-state index is 12.5. The molecule has 0 aromatic heterocycles. The van der Waals surface area contributed by atoms with Crippen molar-refractivity contribution >= 4 is 49.2 Å². The van der Waals surface area contributed by atoms with Gasteiger partial charge in [-0.05, 0) is 58.7 Å². The summed E-state index contributed by atoms with van der Waals surface area (Å²) in [6.07, 6.45) is 0. The van der Waals surface area contributed by atoms with Crippen molar-refractivity contribution in [1.82, 2.24) is 0 Å². The molecule has 1 N–H and O–H groups in total. The van der Waals surface area contributed by atoms with Crippen molar-refractivity contribution in [2.45, 2.75) is 11.8 Å². The van der Waals surface area contributed by atoms with Crippen molar-refractivity contribution in [2.75, 3.05) is 11.8 Å². The zero-order valence-corrected chi connectivity index (χ0v) is 15.4. The molecule has 23 heavy (non-hydrogen) atoms. The fourth-order valence-electron chi connectivity index (χ4n) is 1.81. The zero-order valence-electron chi connectivity index (χ0n) is 12.3. The van der Waals surface area contributed by atoms with E-state index in [-0.39, 0.29) is 10.5 Å². The number of methoxy groups -OCH3 is 1. The maximum Gasteiger partial charge on any atom is 0.339 e. The van der Waals surface area contributed by atoms with Gasteiger partial charge in [0, 0.05) is 9.50 Å². The summed E-state index contributed by atoms with van der Waals surface area (Å²) in [6.45, 7) is 1.82. The molecule has 0 spiro atoms. The molecular weight excluding hydrogens is 406 g/mol. The number of hydrogen-bond donors (Lipinski definition) is 1. The molecule has 2 aromatic rings. The van der Waals surface area contributed by atoms with Crippen LogP contribution in [0.2, 0.25) is 5.02 Å². The fourth-order valence-corrected chi connectivity index (χ4v) is 3.47. The summed E-state index contributed by atoms with van der Waals surface area (Å²) in [4.78, 5) is 11.6. The van der Waals surface area contributed by atoms with E-state index < -0.39 is 16.0 Å². The molecule has 8 heteroatoms. The van der Waals surface area contributed by atoms with E-state index in [2.05, 4.69) is 25.4 Å². The molecule has 0 aliphatic carbocycles. The van der Waals surface area contributed by atoms with Crippen LogP contribution in [-0.2, 0) is 14.8 Å². The van der Waals surface area contributed by atoms with E-state index in [4.69, 9.17) is 11.6 Å². The quantitative estimate of drug-likeness (QED) is 0.762. The number of hydrogen-bond acceptors (Lipinski definition) is 4. The number of anilines is 1. The van der Waals surface area contributed by atoms with Crippen molar-refractivity contribution in [2.24, 2.45) is 0 Å². The molecule has 0 bridgehead atoms. The van der Waals surface area contributed by atoms with Crippen LogP contribution < -0.4 is 4.72 Å². The highest BCUT2D eigenvalue weighted by molar-refractivity contribution is 9.10. The lowest BCUT2D eigenvalue weighted by atomic mass is 10.2. The van der Waals surface area contributed by atoms with Gasteiger partial charge in [-0.2, -0.15) is 0 Å². The number of halogens is 2. The number of sulfonamides is 1. The van der Waals surface area contributed by atoms with E-state index in [9.17, 15) is 13.2 Å². The maximum atomic E-state index is 12.5. The van der Waals surface area contributed by atoms with E-state index in [0.717, 1.165) is 5.56 Å². The Kier molecular flexibility index (Phi) is 5.33. The van der Waals surface area contributed by atoms with Crippen LogP contribution >= 0.6 is 27.5 Å². The first-order valence-electron chi connectivity index (χ1n) is 6.41. The topological polar surface area (TPSA) is 72.5 Å². The smallest absolute Gasteiger partial charge is 0.339 e. The van der Waals surface area contributed by atoms with E-state index in [1.54, 1.807) is 12.1 Å². The van der Waals surface area contributed by atoms with Gasteiger partial charge in [0.15, 0.2) is 0 Å². The summed E-state index contributed by atoms with van der Waals surface area (Å²) in [5.74, 6) is -0.632. The number of carbonyl (C=O) groups is 1. The first-order valence-corrected chi connectivity index (χ1v) is 9.07. The van der Waals surface area contributed by atoms with Gasteiger partial charge in [0.1, 0.15) is 0 Å². The normalized spacial score (nSPS) is 11.1. The molecule has 0 saturated carbocycles. The lowest BCUT2D eigenvalue weighted by molar-refractivity contribution is 0.0599. The minimum absolute atomic E-state index is 0.0576. The fraction of sp³-hybridized carbons (Fsp3) is 0.133. The molecule has 0 atom stereocenters. The molecule has 0 unspecified atom stereocenters. The SMILES string of the molecule is COC(=O)c1cc(S(=O)(=O)Nc2ccc(C)c(Cl)c2)ccc1Br. The van der Waals surface area contributed by atoms with Gasteiger partial charge in [-0.1, -0.05) is 17.7 Å². The molecule has 5 nitrogen and oxygen atoms in total. The van der Waals surface area contributed by atoms with Crippen LogP contribution in [0.5, 0.6) is 0 Å². The summed E-state index contributed by atoms with van der Waals surface area (Å²) in [5.41, 5.74) is 1.30. The van der Waals surface area contributed by atoms with Gasteiger partial charge in [0.25, 0.3) is 10.0 Å². The summed E-state index contributed by atoms with van der Waals surface area (Å²) < 4.78 is 32.4. The second kappa shape index (κ2) is 6.90. The van der Waals surface area contributed by atoms with Crippen molar-refractivity contribution in [3.63, 3.8) is 0 Å². The van der Waals surface area contributed by atoms with Gasteiger partial charge >= 0.3 is 5.97 Å². The van der Waals surface area contributed by atoms with E-state index in [0.29, 0.717) is 15.2 Å². The average Bonchev–Trinajstić information content (AvgIpc) is 2.50. The molecule has 2 aromatic carbocycles. The average molecular weight is 419 g/mol. The highest BCUT2D eigenvalue weighted by Gasteiger charge is 2.19. The molecule has 0 amide bonds. The van der Waals surface area contributed by atoms with Crippen LogP contribution in [0.4, 0.5) is 5.69 Å². The summed E-state index contributed by atoms with van der Waals surface area (Å²) in [7, 11) is -2.64. The van der Waals surface area contributed by atoms with Gasteiger partial charge in [0.2, 0.25) is 0 Å². The van der Waals surface area contributed by atoms with Gasteiger partial charge in [0.05, 0.1) is 23.3 Å². The number of rotatable bonds is 4. The van der Waals surface area contributed by atoms with Crippen LogP contribution in [0.15, 0.2) is 45.8 Å². The third-order valence-electron chi connectivity index (χ3n) is 3.08. The Morgan fingerprint density at radius 1 is 1.22 bits per heavy atom. The lowest BCUT2D eigenvalue weighted by Gasteiger charge is -2.11. The third-order valence-corrected chi connectivity index (χ3v) is 5.56. The van der Waals surface area contributed by atoms with Crippen molar-refractivity contribution in [1.29, 1.82) is 0 Å². The Labute approximate surface area is 147 Å². The molecular formula is C15H13BrClNO4S. The molecule has 0 saturated heterocycles. The molecule has 0 aliphatic heterocycles. The monoisotopic (exact) mass is 417 g/mol. The van der Waals surface area contributed by atoms with E-state index in [1.807, 2.05) is 6.92 Å². The van der Waals surface area contributed by atoms with Crippen LogP contribution in [-0.4, -0.2) is 21.5 Å². The summed E-state index contributed by atoms with van der Waals surface area (Å²) >= 11 is 9.18. The van der Waals surface area contributed by atoms with Crippen molar-refractivity contribution in [3.8, 4) is 0 Å². The van der Waals surface area contributed by atoms with Gasteiger partial charge in [-0.25, -0.2) is 13.2 Å². The second-order valence-electron chi connectivity index (χ2n) is 4.70. The molecule has 0 fully saturated rings. The number of benzene rings is 2. The summed E-state index contributed by atoms with van der Waals surface area (Å²) in [6, 6.07) is 8.95. The number of aryl methyl sites for hydroxylation is 1. The Morgan fingerprint density at radius 2 is 1.91 bits per heavy atom. The Hall–Kier alpha value is -1.57. The van der Waals surface area contributed by atoms with Crippen LogP contribution in [0.3, 0.4) is 0 Å². The number of esters is 1. The van der Waals surface area contributed by atoms with E-state index >= 15 is 0 Å². The van der Waals surface area contributed by atoms with Crippen LogP contribution in [0, 0.1) is 6.92 Å². The first kappa shape index (κ1) is 17.8. The predicted octanol–water partition coefficient (Wildman–Crippen LogP) is 4.00. The number of carbonyl (C=O) groups excluding carboxylic acids is 1. The van der Waals surface area contributed by atoms with Crippen LogP contribution in [0.25, 0.3) is 0 Å². The Bertz CT molecular complexity index is 868. The first-order chi connectivity index (χ1) is 10.7. The number of nitrogens with one attached hydrogen (secondary N) is 1. The largest absolute Gasteiger partial charge is 0.465 e.